The number of sulfone groups is 1. The average Bonchev–Trinajstić information content (AvgIpc) is 2.44. The minimum Gasteiger partial charge on any atom is -0.506 e. The van der Waals surface area contributed by atoms with E-state index in [0.29, 0.717) is 11.8 Å². The smallest absolute Gasteiger partial charge is 0.247 e. The van der Waals surface area contributed by atoms with Crippen LogP contribution in [0.25, 0.3) is 0 Å². The molecule has 9 heteroatoms. The molecule has 0 aliphatic carbocycles. The van der Waals surface area contributed by atoms with E-state index in [1.54, 1.807) is 0 Å². The summed E-state index contributed by atoms with van der Waals surface area (Å²) >= 11 is 0.526. The third-order valence-electron chi connectivity index (χ3n) is 2.04. The summed E-state index contributed by atoms with van der Waals surface area (Å²) in [6.07, 6.45) is 2.59. The molecule has 2 heterocycles. The maximum atomic E-state index is 11.6. The molecule has 2 rings (SSSR count). The topological polar surface area (TPSA) is 115 Å². The number of sulfonamides is 1. The molecule has 1 atom stereocenters. The third-order valence-corrected chi connectivity index (χ3v) is 7.09. The summed E-state index contributed by atoms with van der Waals surface area (Å²) in [4.78, 5) is 0. The van der Waals surface area contributed by atoms with Crippen molar-refractivity contribution in [2.45, 2.75) is 4.58 Å². The maximum absolute atomic E-state index is 11.6. The van der Waals surface area contributed by atoms with E-state index in [9.17, 15) is 21.9 Å². The summed E-state index contributed by atoms with van der Waals surface area (Å²) in [5, 5.41) is 15.4. The summed E-state index contributed by atoms with van der Waals surface area (Å²) < 4.78 is 43.7. The number of aliphatic hydroxyl groups excluding tert-OH is 1. The molecule has 0 bridgehead atoms. The van der Waals surface area contributed by atoms with Crippen LogP contribution in [0.3, 0.4) is 0 Å². The van der Waals surface area contributed by atoms with Crippen LogP contribution in [0.2, 0.25) is 0 Å². The molecule has 6 nitrogen and oxygen atoms in total. The SMILES string of the molecule is NS(=O)(=O)C1=C(O)C2=CC=CS(=O)(=O)C2S1. The Balaban J connectivity index is 2.61. The van der Waals surface area contributed by atoms with E-state index >= 15 is 0 Å². The highest BCUT2D eigenvalue weighted by molar-refractivity contribution is 8.25. The van der Waals surface area contributed by atoms with E-state index in [1.165, 1.54) is 12.2 Å². The number of thioether (sulfide) groups is 1. The van der Waals surface area contributed by atoms with Crippen LogP contribution < -0.4 is 5.14 Å². The summed E-state index contributed by atoms with van der Waals surface area (Å²) in [7, 11) is -7.69. The number of nitrogens with two attached hydrogens (primary N) is 1. The fourth-order valence-electron chi connectivity index (χ4n) is 1.37. The number of fused-ring (bicyclic) bond motifs is 1. The summed E-state index contributed by atoms with van der Waals surface area (Å²) in [6, 6.07) is 0. The molecule has 0 radical (unpaired) electrons. The lowest BCUT2D eigenvalue weighted by atomic mass is 10.2. The van der Waals surface area contributed by atoms with Crippen LogP contribution in [-0.2, 0) is 19.9 Å². The highest BCUT2D eigenvalue weighted by Gasteiger charge is 2.43. The van der Waals surface area contributed by atoms with Gasteiger partial charge in [0, 0.05) is 11.0 Å². The maximum Gasteiger partial charge on any atom is 0.247 e. The van der Waals surface area contributed by atoms with Gasteiger partial charge in [-0.1, -0.05) is 23.9 Å². The second kappa shape index (κ2) is 3.36. The summed E-state index contributed by atoms with van der Waals surface area (Å²) in [5.74, 6) is -0.578. The Labute approximate surface area is 96.5 Å². The molecular formula is C7H7NO5S3. The van der Waals surface area contributed by atoms with Gasteiger partial charge in [-0.15, -0.1) is 0 Å². The number of hydrogen-bond acceptors (Lipinski definition) is 6. The van der Waals surface area contributed by atoms with Crippen molar-refractivity contribution < 1.29 is 21.9 Å². The summed E-state index contributed by atoms with van der Waals surface area (Å²) in [5.41, 5.74) is 0.0523. The van der Waals surface area contributed by atoms with Gasteiger partial charge in [0.25, 0.3) is 0 Å². The van der Waals surface area contributed by atoms with Crippen LogP contribution in [0.15, 0.2) is 33.1 Å². The summed E-state index contributed by atoms with van der Waals surface area (Å²) in [6.45, 7) is 0. The van der Waals surface area contributed by atoms with Crippen molar-refractivity contribution in [1.82, 2.24) is 0 Å². The molecule has 0 amide bonds. The molecule has 2 aliphatic heterocycles. The van der Waals surface area contributed by atoms with Crippen molar-refractivity contribution in [3.8, 4) is 0 Å². The largest absolute Gasteiger partial charge is 0.506 e. The molecule has 0 aromatic heterocycles. The van der Waals surface area contributed by atoms with Gasteiger partial charge in [-0.3, -0.25) is 0 Å². The Morgan fingerprint density at radius 1 is 1.44 bits per heavy atom. The van der Waals surface area contributed by atoms with Gasteiger partial charge in [-0.05, 0) is 0 Å². The normalized spacial score (nSPS) is 27.8. The molecule has 0 saturated carbocycles. The Bertz CT molecular complexity index is 638. The van der Waals surface area contributed by atoms with Crippen LogP contribution in [0.5, 0.6) is 0 Å². The molecule has 0 saturated heterocycles. The van der Waals surface area contributed by atoms with Crippen molar-refractivity contribution in [3.63, 3.8) is 0 Å². The molecule has 0 spiro atoms. The molecule has 88 valence electrons. The predicted octanol–water partition coefficient (Wildman–Crippen LogP) is -0.0566. The first-order valence-corrected chi connectivity index (χ1v) is 8.02. The average molecular weight is 281 g/mol. The van der Waals surface area contributed by atoms with Crippen molar-refractivity contribution in [2.75, 3.05) is 0 Å². The monoisotopic (exact) mass is 281 g/mol. The van der Waals surface area contributed by atoms with Crippen molar-refractivity contribution >= 4 is 31.6 Å². The van der Waals surface area contributed by atoms with Gasteiger partial charge in [-0.2, -0.15) is 0 Å². The van der Waals surface area contributed by atoms with Crippen molar-refractivity contribution in [2.24, 2.45) is 5.14 Å². The highest BCUT2D eigenvalue weighted by atomic mass is 32.3. The lowest BCUT2D eigenvalue weighted by Crippen LogP contribution is -2.18. The van der Waals surface area contributed by atoms with Gasteiger partial charge < -0.3 is 5.11 Å². The molecule has 2 aliphatic rings. The van der Waals surface area contributed by atoms with Crippen LogP contribution >= 0.6 is 11.8 Å². The molecule has 0 aromatic rings. The first-order valence-electron chi connectivity index (χ1n) is 3.99. The Hall–Kier alpha value is -0.770. The Morgan fingerprint density at radius 2 is 2.06 bits per heavy atom. The quantitative estimate of drug-likeness (QED) is 0.696. The number of allylic oxidation sites excluding steroid dienone is 3. The molecule has 0 fully saturated rings. The van der Waals surface area contributed by atoms with Gasteiger partial charge in [0.05, 0.1) is 0 Å². The highest BCUT2D eigenvalue weighted by Crippen LogP contribution is 2.46. The first-order chi connectivity index (χ1) is 7.23. The molecule has 0 aromatic carbocycles. The van der Waals surface area contributed by atoms with Crippen LogP contribution in [0.4, 0.5) is 0 Å². The molecular weight excluding hydrogens is 274 g/mol. The first kappa shape index (κ1) is 11.7. The lowest BCUT2D eigenvalue weighted by Gasteiger charge is -2.12. The van der Waals surface area contributed by atoms with E-state index in [-0.39, 0.29) is 5.57 Å². The van der Waals surface area contributed by atoms with E-state index in [4.69, 9.17) is 5.14 Å². The number of primary sulfonamides is 1. The Kier molecular flexibility index (Phi) is 2.46. The van der Waals surface area contributed by atoms with Gasteiger partial charge in [0.15, 0.2) is 14.1 Å². The minimum atomic E-state index is -4.10. The zero-order valence-electron chi connectivity index (χ0n) is 7.69. The van der Waals surface area contributed by atoms with E-state index in [1.807, 2.05) is 0 Å². The molecule has 1 unspecified atom stereocenters. The van der Waals surface area contributed by atoms with Crippen molar-refractivity contribution in [1.29, 1.82) is 0 Å². The second-order valence-corrected chi connectivity index (χ2v) is 8.26. The van der Waals surface area contributed by atoms with Crippen molar-refractivity contribution in [3.05, 3.63) is 33.1 Å². The molecule has 16 heavy (non-hydrogen) atoms. The number of aliphatic hydroxyl groups is 1. The van der Waals surface area contributed by atoms with E-state index in [2.05, 4.69) is 0 Å². The predicted molar refractivity (Wildman–Crippen MR) is 60.3 cm³/mol. The fraction of sp³-hybridized carbons (Fsp3) is 0.143. The van der Waals surface area contributed by atoms with E-state index < -0.39 is 34.4 Å². The van der Waals surface area contributed by atoms with Crippen LogP contribution in [0.1, 0.15) is 0 Å². The van der Waals surface area contributed by atoms with Crippen LogP contribution in [-0.4, -0.2) is 26.5 Å². The molecule has 3 N–H and O–H groups in total. The van der Waals surface area contributed by atoms with Gasteiger partial charge in [0.2, 0.25) is 10.0 Å². The van der Waals surface area contributed by atoms with Crippen LogP contribution in [0, 0.1) is 0 Å². The zero-order valence-corrected chi connectivity index (χ0v) is 10.1. The fourth-order valence-corrected chi connectivity index (χ4v) is 5.51. The minimum absolute atomic E-state index is 0.0523. The number of rotatable bonds is 1. The van der Waals surface area contributed by atoms with E-state index in [0.717, 1.165) is 5.41 Å². The zero-order chi connectivity index (χ0) is 12.1. The lowest BCUT2D eigenvalue weighted by molar-refractivity contribution is 0.424. The van der Waals surface area contributed by atoms with Gasteiger partial charge in [-0.25, -0.2) is 22.0 Å². The Morgan fingerprint density at radius 3 is 2.56 bits per heavy atom. The van der Waals surface area contributed by atoms with Gasteiger partial charge in [0.1, 0.15) is 10.3 Å². The standard InChI is InChI=1S/C7H7NO5S3/c8-16(12,13)7-5(9)4-2-1-3-15(10,11)6(4)14-7/h1-3,6,9H,(H2,8,12,13). The number of hydrogen-bond donors (Lipinski definition) is 2. The third kappa shape index (κ3) is 1.69. The van der Waals surface area contributed by atoms with Gasteiger partial charge >= 0.3 is 0 Å². The second-order valence-electron chi connectivity index (χ2n) is 3.17.